The van der Waals surface area contributed by atoms with Crippen LogP contribution < -0.4 is 11.1 Å². The highest BCUT2D eigenvalue weighted by atomic mass is 16.1. The molecular formula is C11H18N4O. The van der Waals surface area contributed by atoms with Gasteiger partial charge in [0, 0.05) is 12.5 Å². The molecule has 5 heteroatoms. The first-order valence-corrected chi connectivity index (χ1v) is 5.75. The fraction of sp³-hybridized carbons (Fsp3) is 0.636. The van der Waals surface area contributed by atoms with Crippen LogP contribution in [0.2, 0.25) is 0 Å². The van der Waals surface area contributed by atoms with Crippen molar-refractivity contribution in [3.8, 4) is 0 Å². The number of H-pyrrole nitrogens is 1. The van der Waals surface area contributed by atoms with E-state index in [0.29, 0.717) is 6.54 Å². The second-order valence-corrected chi connectivity index (χ2v) is 4.40. The molecule has 0 spiro atoms. The standard InChI is InChI=1S/C11H18N4O/c1-7(5-12)11(16)14-9-4-2-3-8-6-13-15-10(8)9/h6-7,9H,2-5,12H2,1H3,(H,13,15)(H,14,16). The number of carbonyl (C=O) groups excluding carboxylic acids is 1. The Kier molecular flexibility index (Phi) is 3.24. The van der Waals surface area contributed by atoms with Crippen molar-refractivity contribution in [1.82, 2.24) is 15.5 Å². The van der Waals surface area contributed by atoms with Crippen molar-refractivity contribution in [1.29, 1.82) is 0 Å². The molecule has 16 heavy (non-hydrogen) atoms. The number of carbonyl (C=O) groups is 1. The van der Waals surface area contributed by atoms with Gasteiger partial charge in [-0.2, -0.15) is 5.10 Å². The lowest BCUT2D eigenvalue weighted by Gasteiger charge is -2.24. The Balaban J connectivity index is 2.05. The molecular weight excluding hydrogens is 204 g/mol. The van der Waals surface area contributed by atoms with Crippen molar-refractivity contribution in [3.05, 3.63) is 17.5 Å². The first-order valence-electron chi connectivity index (χ1n) is 5.75. The molecule has 0 aliphatic heterocycles. The van der Waals surface area contributed by atoms with Gasteiger partial charge in [-0.15, -0.1) is 0 Å². The molecule has 5 nitrogen and oxygen atoms in total. The van der Waals surface area contributed by atoms with Crippen LogP contribution in [0.3, 0.4) is 0 Å². The minimum Gasteiger partial charge on any atom is -0.347 e. The lowest BCUT2D eigenvalue weighted by molar-refractivity contribution is -0.125. The molecule has 2 atom stereocenters. The Morgan fingerprint density at radius 1 is 1.81 bits per heavy atom. The molecule has 1 aromatic heterocycles. The van der Waals surface area contributed by atoms with Gasteiger partial charge in [-0.3, -0.25) is 9.89 Å². The molecule has 0 aromatic carbocycles. The molecule has 88 valence electrons. The van der Waals surface area contributed by atoms with Crippen LogP contribution in [-0.4, -0.2) is 22.6 Å². The summed E-state index contributed by atoms with van der Waals surface area (Å²) in [7, 11) is 0. The molecule has 1 aliphatic rings. The SMILES string of the molecule is CC(CN)C(=O)NC1CCCc2cn[nH]c21. The van der Waals surface area contributed by atoms with Crippen LogP contribution in [0.25, 0.3) is 0 Å². The first-order chi connectivity index (χ1) is 7.72. The number of rotatable bonds is 3. The van der Waals surface area contributed by atoms with Crippen LogP contribution in [0, 0.1) is 5.92 Å². The van der Waals surface area contributed by atoms with E-state index in [1.165, 1.54) is 5.56 Å². The highest BCUT2D eigenvalue weighted by molar-refractivity contribution is 5.79. The molecule has 1 amide bonds. The maximum atomic E-state index is 11.7. The van der Waals surface area contributed by atoms with Crippen LogP contribution in [0.15, 0.2) is 6.20 Å². The minimum atomic E-state index is -0.131. The number of nitrogens with zero attached hydrogens (tertiary/aromatic N) is 1. The number of aromatic nitrogens is 2. The molecule has 2 unspecified atom stereocenters. The summed E-state index contributed by atoms with van der Waals surface area (Å²) >= 11 is 0. The number of hydrogen-bond acceptors (Lipinski definition) is 3. The zero-order valence-corrected chi connectivity index (χ0v) is 9.49. The average molecular weight is 222 g/mol. The summed E-state index contributed by atoms with van der Waals surface area (Å²) in [6.07, 6.45) is 4.96. The quantitative estimate of drug-likeness (QED) is 0.696. The van der Waals surface area contributed by atoms with E-state index in [1.54, 1.807) is 0 Å². The van der Waals surface area contributed by atoms with Gasteiger partial charge in [0.15, 0.2) is 0 Å². The molecule has 1 heterocycles. The Morgan fingerprint density at radius 3 is 3.38 bits per heavy atom. The number of nitrogens with one attached hydrogen (secondary N) is 2. The van der Waals surface area contributed by atoms with Gasteiger partial charge in [-0.25, -0.2) is 0 Å². The third-order valence-corrected chi connectivity index (χ3v) is 3.16. The maximum Gasteiger partial charge on any atom is 0.224 e. The fourth-order valence-corrected chi connectivity index (χ4v) is 2.03. The van der Waals surface area contributed by atoms with Crippen molar-refractivity contribution in [2.75, 3.05) is 6.54 Å². The number of fused-ring (bicyclic) bond motifs is 1. The van der Waals surface area contributed by atoms with E-state index in [4.69, 9.17) is 5.73 Å². The molecule has 0 fully saturated rings. The van der Waals surface area contributed by atoms with Gasteiger partial charge in [0.1, 0.15) is 0 Å². The van der Waals surface area contributed by atoms with Gasteiger partial charge in [-0.1, -0.05) is 6.92 Å². The van der Waals surface area contributed by atoms with Crippen molar-refractivity contribution < 1.29 is 4.79 Å². The fourth-order valence-electron chi connectivity index (χ4n) is 2.03. The third kappa shape index (κ3) is 2.09. The predicted molar refractivity (Wildman–Crippen MR) is 60.6 cm³/mol. The topological polar surface area (TPSA) is 83.8 Å². The van der Waals surface area contributed by atoms with Crippen molar-refractivity contribution in [3.63, 3.8) is 0 Å². The summed E-state index contributed by atoms with van der Waals surface area (Å²) in [5, 5.41) is 10.0. The zero-order chi connectivity index (χ0) is 11.5. The van der Waals surface area contributed by atoms with Gasteiger partial charge in [0.05, 0.1) is 17.9 Å². The van der Waals surface area contributed by atoms with Gasteiger partial charge >= 0.3 is 0 Å². The van der Waals surface area contributed by atoms with Gasteiger partial charge in [0.25, 0.3) is 0 Å². The van der Waals surface area contributed by atoms with Crippen molar-refractivity contribution >= 4 is 5.91 Å². The molecule has 1 aromatic rings. The number of amides is 1. The summed E-state index contributed by atoms with van der Waals surface area (Å²) in [6, 6.07) is 0.0766. The Morgan fingerprint density at radius 2 is 2.62 bits per heavy atom. The summed E-state index contributed by atoms with van der Waals surface area (Å²) in [5.74, 6) is -0.108. The minimum absolute atomic E-state index is 0.0231. The Labute approximate surface area is 94.8 Å². The molecule has 0 radical (unpaired) electrons. The maximum absolute atomic E-state index is 11.7. The van der Waals surface area contributed by atoms with E-state index in [1.807, 2.05) is 13.1 Å². The molecule has 0 saturated carbocycles. The van der Waals surface area contributed by atoms with Gasteiger partial charge in [-0.05, 0) is 24.8 Å². The molecule has 1 aliphatic carbocycles. The number of aryl methyl sites for hydroxylation is 1. The number of hydrogen-bond donors (Lipinski definition) is 3. The van der Waals surface area contributed by atoms with E-state index < -0.39 is 0 Å². The molecule has 0 saturated heterocycles. The van der Waals surface area contributed by atoms with E-state index in [2.05, 4.69) is 15.5 Å². The van der Waals surface area contributed by atoms with Crippen LogP contribution >= 0.6 is 0 Å². The van der Waals surface area contributed by atoms with Crippen LogP contribution in [-0.2, 0) is 11.2 Å². The summed E-state index contributed by atoms with van der Waals surface area (Å²) in [4.78, 5) is 11.7. The molecule has 2 rings (SSSR count). The summed E-state index contributed by atoms with van der Waals surface area (Å²) in [6.45, 7) is 2.22. The molecule has 0 bridgehead atoms. The van der Waals surface area contributed by atoms with E-state index in [0.717, 1.165) is 25.0 Å². The Bertz CT molecular complexity index is 374. The van der Waals surface area contributed by atoms with E-state index >= 15 is 0 Å². The monoisotopic (exact) mass is 222 g/mol. The number of aromatic amines is 1. The number of nitrogens with two attached hydrogens (primary N) is 1. The lowest BCUT2D eigenvalue weighted by atomic mass is 9.93. The summed E-state index contributed by atoms with van der Waals surface area (Å²) < 4.78 is 0. The highest BCUT2D eigenvalue weighted by Crippen LogP contribution is 2.27. The van der Waals surface area contributed by atoms with Gasteiger partial charge < -0.3 is 11.1 Å². The van der Waals surface area contributed by atoms with E-state index in [-0.39, 0.29) is 17.9 Å². The Hall–Kier alpha value is -1.36. The summed E-state index contributed by atoms with van der Waals surface area (Å²) in [5.41, 5.74) is 7.75. The second kappa shape index (κ2) is 4.65. The highest BCUT2D eigenvalue weighted by Gasteiger charge is 2.24. The van der Waals surface area contributed by atoms with Gasteiger partial charge in [0.2, 0.25) is 5.91 Å². The average Bonchev–Trinajstić information content (AvgIpc) is 2.77. The predicted octanol–water partition coefficient (Wildman–Crippen LogP) is 0.498. The van der Waals surface area contributed by atoms with Crippen molar-refractivity contribution in [2.45, 2.75) is 32.2 Å². The van der Waals surface area contributed by atoms with E-state index in [9.17, 15) is 4.79 Å². The first kappa shape index (κ1) is 11.1. The second-order valence-electron chi connectivity index (χ2n) is 4.40. The van der Waals surface area contributed by atoms with Crippen LogP contribution in [0.4, 0.5) is 0 Å². The zero-order valence-electron chi connectivity index (χ0n) is 9.49. The van der Waals surface area contributed by atoms with Crippen molar-refractivity contribution in [2.24, 2.45) is 11.7 Å². The smallest absolute Gasteiger partial charge is 0.224 e. The largest absolute Gasteiger partial charge is 0.347 e. The third-order valence-electron chi connectivity index (χ3n) is 3.16. The van der Waals surface area contributed by atoms with Crippen LogP contribution in [0.1, 0.15) is 37.1 Å². The normalized spacial score (nSPS) is 21.2. The van der Waals surface area contributed by atoms with Crippen LogP contribution in [0.5, 0.6) is 0 Å². The molecule has 4 N–H and O–H groups in total. The lowest BCUT2D eigenvalue weighted by Crippen LogP contribution is -2.37.